The van der Waals surface area contributed by atoms with Crippen molar-refractivity contribution in [2.24, 2.45) is 5.10 Å². The molecule has 1 amide bonds. The normalized spacial score (nSPS) is 11.4. The van der Waals surface area contributed by atoms with Gasteiger partial charge in [-0.25, -0.2) is 13.8 Å². The first-order valence-corrected chi connectivity index (χ1v) is 11.3. The number of nitrogens with one attached hydrogen (secondary N) is 1. The second-order valence-electron chi connectivity index (χ2n) is 6.52. The molecular formula is C20H17ClN4O6S. The highest BCUT2D eigenvalue weighted by Gasteiger charge is 2.22. The zero-order valence-corrected chi connectivity index (χ0v) is 18.2. The van der Waals surface area contributed by atoms with Crippen molar-refractivity contribution in [3.8, 4) is 11.3 Å². The minimum Gasteiger partial charge on any atom is -0.455 e. The Bertz CT molecular complexity index is 1270. The van der Waals surface area contributed by atoms with Crippen molar-refractivity contribution in [3.63, 3.8) is 0 Å². The zero-order chi connectivity index (χ0) is 23.3. The average molecular weight is 477 g/mol. The van der Waals surface area contributed by atoms with Crippen LogP contribution in [-0.4, -0.2) is 38.3 Å². The number of carbonyl (C=O) groups is 1. The third-order valence-corrected chi connectivity index (χ3v) is 5.63. The van der Waals surface area contributed by atoms with Gasteiger partial charge >= 0.3 is 0 Å². The standard InChI is InChI=1S/C20H17ClN4O6S/c1-32(29,30)24(18-5-3-2-4-17(18)21)13-20(26)23-22-12-16-10-11-19(31-16)14-6-8-15(9-7-14)25(27)28/h2-12H,13H2,1H3,(H,23,26). The summed E-state index contributed by atoms with van der Waals surface area (Å²) in [6.07, 6.45) is 2.21. The number of para-hydroxylation sites is 1. The molecule has 0 aliphatic carbocycles. The number of hydrogen-bond acceptors (Lipinski definition) is 7. The molecule has 0 saturated carbocycles. The summed E-state index contributed by atoms with van der Waals surface area (Å²) in [5.41, 5.74) is 3.00. The third-order valence-electron chi connectivity index (χ3n) is 4.18. The van der Waals surface area contributed by atoms with Crippen LogP contribution in [0.15, 0.2) is 70.2 Å². The highest BCUT2D eigenvalue weighted by Crippen LogP contribution is 2.27. The third kappa shape index (κ3) is 5.71. The summed E-state index contributed by atoms with van der Waals surface area (Å²) in [7, 11) is -3.77. The molecule has 1 aromatic heterocycles. The van der Waals surface area contributed by atoms with Crippen molar-refractivity contribution in [2.75, 3.05) is 17.1 Å². The first-order valence-electron chi connectivity index (χ1n) is 9.04. The fraction of sp³-hybridized carbons (Fsp3) is 0.100. The van der Waals surface area contributed by atoms with Gasteiger partial charge in [-0.2, -0.15) is 5.10 Å². The minimum absolute atomic E-state index is 0.0373. The molecule has 0 bridgehead atoms. The zero-order valence-electron chi connectivity index (χ0n) is 16.6. The van der Waals surface area contributed by atoms with Gasteiger partial charge in [0.15, 0.2) is 0 Å². The maximum Gasteiger partial charge on any atom is 0.269 e. The molecule has 166 valence electrons. The first-order chi connectivity index (χ1) is 15.1. The van der Waals surface area contributed by atoms with Gasteiger partial charge in [-0.1, -0.05) is 23.7 Å². The predicted octanol–water partition coefficient (Wildman–Crippen LogP) is 3.42. The second kappa shape index (κ2) is 9.62. The SMILES string of the molecule is CS(=O)(=O)N(CC(=O)NN=Cc1ccc(-c2ccc([N+](=O)[O-])cc2)o1)c1ccccc1Cl. The lowest BCUT2D eigenvalue weighted by molar-refractivity contribution is -0.384. The Hall–Kier alpha value is -3.70. The second-order valence-corrected chi connectivity index (χ2v) is 8.83. The van der Waals surface area contributed by atoms with Crippen LogP contribution in [0, 0.1) is 10.1 Å². The molecule has 0 aliphatic rings. The van der Waals surface area contributed by atoms with Crippen LogP contribution in [0.25, 0.3) is 11.3 Å². The van der Waals surface area contributed by atoms with Crippen molar-refractivity contribution in [3.05, 3.63) is 81.6 Å². The number of amides is 1. The van der Waals surface area contributed by atoms with E-state index in [4.69, 9.17) is 16.0 Å². The molecule has 1 heterocycles. The smallest absolute Gasteiger partial charge is 0.269 e. The molecule has 3 rings (SSSR count). The van der Waals surface area contributed by atoms with Crippen LogP contribution in [0.3, 0.4) is 0 Å². The van der Waals surface area contributed by atoms with Crippen LogP contribution in [0.2, 0.25) is 5.02 Å². The van der Waals surface area contributed by atoms with Crippen molar-refractivity contribution < 1.29 is 22.6 Å². The number of nitro benzene ring substituents is 1. The molecular weight excluding hydrogens is 460 g/mol. The van der Waals surface area contributed by atoms with Gasteiger partial charge in [0.05, 0.1) is 28.1 Å². The highest BCUT2D eigenvalue weighted by atomic mass is 35.5. The topological polar surface area (TPSA) is 135 Å². The van der Waals surface area contributed by atoms with Gasteiger partial charge in [-0.15, -0.1) is 0 Å². The van der Waals surface area contributed by atoms with Crippen molar-refractivity contribution in [1.82, 2.24) is 5.43 Å². The molecule has 0 fully saturated rings. The van der Waals surface area contributed by atoms with E-state index in [0.717, 1.165) is 10.6 Å². The van der Waals surface area contributed by atoms with E-state index in [1.807, 2.05) is 0 Å². The first kappa shape index (κ1) is 23.0. The van der Waals surface area contributed by atoms with Gasteiger partial charge < -0.3 is 4.42 Å². The van der Waals surface area contributed by atoms with Gasteiger partial charge in [0.2, 0.25) is 10.0 Å². The van der Waals surface area contributed by atoms with Gasteiger partial charge in [-0.05, 0) is 36.4 Å². The number of rotatable bonds is 8. The van der Waals surface area contributed by atoms with Crippen molar-refractivity contribution >= 4 is 45.1 Å². The summed E-state index contributed by atoms with van der Waals surface area (Å²) in [5, 5.41) is 14.7. The largest absolute Gasteiger partial charge is 0.455 e. The number of nitrogens with zero attached hydrogens (tertiary/aromatic N) is 3. The molecule has 0 unspecified atom stereocenters. The summed E-state index contributed by atoms with van der Waals surface area (Å²) >= 11 is 6.06. The Morgan fingerprint density at radius 2 is 1.88 bits per heavy atom. The van der Waals surface area contributed by atoms with E-state index in [9.17, 15) is 23.3 Å². The number of nitro groups is 1. The molecule has 1 N–H and O–H groups in total. The Morgan fingerprint density at radius 3 is 2.50 bits per heavy atom. The van der Waals surface area contributed by atoms with E-state index < -0.39 is 27.4 Å². The Morgan fingerprint density at radius 1 is 1.19 bits per heavy atom. The fourth-order valence-electron chi connectivity index (χ4n) is 2.69. The van der Waals surface area contributed by atoms with Crippen LogP contribution < -0.4 is 9.73 Å². The van der Waals surface area contributed by atoms with E-state index >= 15 is 0 Å². The molecule has 0 radical (unpaired) electrons. The maximum absolute atomic E-state index is 12.2. The molecule has 32 heavy (non-hydrogen) atoms. The summed E-state index contributed by atoms with van der Waals surface area (Å²) in [6.45, 7) is -0.522. The molecule has 10 nitrogen and oxygen atoms in total. The van der Waals surface area contributed by atoms with E-state index in [-0.39, 0.29) is 16.4 Å². The Balaban J connectivity index is 1.65. The quantitative estimate of drug-likeness (QED) is 0.300. The molecule has 0 saturated heterocycles. The van der Waals surface area contributed by atoms with E-state index in [1.165, 1.54) is 30.5 Å². The van der Waals surface area contributed by atoms with Gasteiger partial charge in [0, 0.05) is 17.7 Å². The van der Waals surface area contributed by atoms with Crippen molar-refractivity contribution in [1.29, 1.82) is 0 Å². The van der Waals surface area contributed by atoms with Crippen LogP contribution >= 0.6 is 11.6 Å². The lowest BCUT2D eigenvalue weighted by Crippen LogP contribution is -2.39. The lowest BCUT2D eigenvalue weighted by atomic mass is 10.1. The molecule has 12 heteroatoms. The van der Waals surface area contributed by atoms with Gasteiger partial charge in [0.1, 0.15) is 18.1 Å². The van der Waals surface area contributed by atoms with Crippen LogP contribution in [-0.2, 0) is 14.8 Å². The number of sulfonamides is 1. The monoisotopic (exact) mass is 476 g/mol. The van der Waals surface area contributed by atoms with Crippen LogP contribution in [0.1, 0.15) is 5.76 Å². The van der Waals surface area contributed by atoms with E-state index in [0.29, 0.717) is 17.1 Å². The predicted molar refractivity (Wildman–Crippen MR) is 120 cm³/mol. The molecule has 0 spiro atoms. The molecule has 0 atom stereocenters. The number of hydrogen-bond donors (Lipinski definition) is 1. The summed E-state index contributed by atoms with van der Waals surface area (Å²) in [6, 6.07) is 15.3. The minimum atomic E-state index is -3.77. The van der Waals surface area contributed by atoms with E-state index in [1.54, 1.807) is 36.4 Å². The lowest BCUT2D eigenvalue weighted by Gasteiger charge is -2.22. The number of furan rings is 1. The highest BCUT2D eigenvalue weighted by molar-refractivity contribution is 7.92. The number of non-ortho nitro benzene ring substituents is 1. The summed E-state index contributed by atoms with van der Waals surface area (Å²) in [4.78, 5) is 22.5. The summed E-state index contributed by atoms with van der Waals surface area (Å²) < 4.78 is 30.7. The van der Waals surface area contributed by atoms with Crippen LogP contribution in [0.5, 0.6) is 0 Å². The van der Waals surface area contributed by atoms with Gasteiger partial charge in [0.25, 0.3) is 11.6 Å². The molecule has 3 aromatic rings. The number of benzene rings is 2. The number of halogens is 1. The molecule has 2 aromatic carbocycles. The molecule has 0 aliphatic heterocycles. The average Bonchev–Trinajstić information content (AvgIpc) is 3.21. The fourth-order valence-corrected chi connectivity index (χ4v) is 3.85. The van der Waals surface area contributed by atoms with Gasteiger partial charge in [-0.3, -0.25) is 19.2 Å². The van der Waals surface area contributed by atoms with Crippen molar-refractivity contribution in [2.45, 2.75) is 0 Å². The number of hydrazone groups is 1. The van der Waals surface area contributed by atoms with E-state index in [2.05, 4.69) is 10.5 Å². The number of carbonyl (C=O) groups excluding carboxylic acids is 1. The maximum atomic E-state index is 12.2. The Kier molecular flexibility index (Phi) is 6.91. The summed E-state index contributed by atoms with van der Waals surface area (Å²) in [5.74, 6) is 0.0770. The number of anilines is 1. The Labute approximate surface area is 188 Å². The van der Waals surface area contributed by atoms with Crippen LogP contribution in [0.4, 0.5) is 11.4 Å².